The van der Waals surface area contributed by atoms with Gasteiger partial charge < -0.3 is 10.6 Å². The van der Waals surface area contributed by atoms with Gasteiger partial charge in [0, 0.05) is 0 Å². The Kier molecular flexibility index (Phi) is 1.55. The van der Waals surface area contributed by atoms with Crippen LogP contribution in [0.3, 0.4) is 0 Å². The number of nitrogens with one attached hydrogen (secondary N) is 1. The molecule has 3 N–H and O–H groups in total. The fourth-order valence-electron chi connectivity index (χ4n) is 0.485. The van der Waals surface area contributed by atoms with Crippen molar-refractivity contribution in [3.05, 3.63) is 12.5 Å². The zero-order valence-corrected chi connectivity index (χ0v) is 4.70. The first-order chi connectivity index (χ1) is 4.29. The van der Waals surface area contributed by atoms with E-state index in [1.54, 1.807) is 6.20 Å². The molecule has 1 aliphatic rings. The van der Waals surface area contributed by atoms with Crippen LogP contribution >= 0.6 is 0 Å². The average molecular weight is 129 g/mol. The number of carbonyl (C=O) groups excluding carboxylic acids is 1. The van der Waals surface area contributed by atoms with Crippen LogP contribution in [0.25, 0.3) is 0 Å². The smallest absolute Gasteiger partial charge is 0.238 e. The van der Waals surface area contributed by atoms with E-state index in [1.807, 2.05) is 0 Å². The van der Waals surface area contributed by atoms with Crippen LogP contribution in [-0.4, -0.2) is 17.5 Å². The van der Waals surface area contributed by atoms with Crippen LogP contribution in [0.5, 0.6) is 0 Å². The van der Waals surface area contributed by atoms with Crippen LogP contribution in [-0.2, 0) is 9.63 Å². The summed E-state index contributed by atoms with van der Waals surface area (Å²) in [4.78, 5) is 14.8. The molecule has 0 radical (unpaired) electrons. The Hall–Kier alpha value is -1.23. The summed E-state index contributed by atoms with van der Waals surface area (Å²) in [5.41, 5.74) is 7.27. The maximum atomic E-state index is 10.2. The van der Waals surface area contributed by atoms with E-state index < -0.39 is 5.91 Å². The first-order valence-electron chi connectivity index (χ1n) is 2.42. The number of nitrogens with two attached hydrogens (primary N) is 1. The molecule has 0 aromatic carbocycles. The Labute approximate surface area is 52.0 Å². The summed E-state index contributed by atoms with van der Waals surface area (Å²) >= 11 is 0. The molecule has 1 heterocycles. The van der Waals surface area contributed by atoms with E-state index in [-0.39, 0.29) is 6.54 Å². The van der Waals surface area contributed by atoms with E-state index in [9.17, 15) is 4.79 Å². The molecule has 5 heteroatoms. The highest BCUT2D eigenvalue weighted by Gasteiger charge is 2.05. The van der Waals surface area contributed by atoms with E-state index in [1.165, 1.54) is 11.3 Å². The van der Waals surface area contributed by atoms with Crippen molar-refractivity contribution < 1.29 is 9.63 Å². The Balaban J connectivity index is 2.28. The molecule has 0 saturated heterocycles. The highest BCUT2D eigenvalue weighted by molar-refractivity contribution is 5.75. The quantitative estimate of drug-likeness (QED) is 0.486. The third kappa shape index (κ3) is 1.61. The Morgan fingerprint density at radius 2 is 2.67 bits per heavy atom. The lowest BCUT2D eigenvalue weighted by Crippen LogP contribution is -2.35. The molecule has 5 nitrogen and oxygen atoms in total. The molecular weight excluding hydrogens is 122 g/mol. The minimum absolute atomic E-state index is 0.122. The van der Waals surface area contributed by atoms with E-state index in [0.29, 0.717) is 0 Å². The molecule has 1 amide bonds. The van der Waals surface area contributed by atoms with Crippen LogP contribution in [0.4, 0.5) is 0 Å². The second-order valence-corrected chi connectivity index (χ2v) is 1.59. The molecule has 0 unspecified atom stereocenters. The van der Waals surface area contributed by atoms with Crippen molar-refractivity contribution in [2.45, 2.75) is 0 Å². The minimum Gasteiger partial charge on any atom is -0.395 e. The first-order valence-corrected chi connectivity index (χ1v) is 2.42. The van der Waals surface area contributed by atoms with Crippen molar-refractivity contribution >= 4 is 5.91 Å². The molecule has 0 spiro atoms. The van der Waals surface area contributed by atoms with Gasteiger partial charge in [-0.15, -0.1) is 0 Å². The van der Waals surface area contributed by atoms with Gasteiger partial charge in [0.05, 0.1) is 6.20 Å². The summed E-state index contributed by atoms with van der Waals surface area (Å²) in [5.74, 6) is -0.405. The molecule has 0 aromatic heterocycles. The highest BCUT2D eigenvalue weighted by atomic mass is 16.7. The molecule has 0 bridgehead atoms. The van der Waals surface area contributed by atoms with Crippen molar-refractivity contribution in [1.29, 1.82) is 0 Å². The third-order valence-electron chi connectivity index (χ3n) is 0.805. The number of nitrogens with zero attached hydrogens (tertiary/aromatic N) is 1. The molecule has 0 saturated carbocycles. The fourth-order valence-corrected chi connectivity index (χ4v) is 0.485. The van der Waals surface area contributed by atoms with Gasteiger partial charge in [-0.05, 0) is 0 Å². The summed E-state index contributed by atoms with van der Waals surface area (Å²) < 4.78 is 0. The van der Waals surface area contributed by atoms with E-state index >= 15 is 0 Å². The van der Waals surface area contributed by atoms with E-state index in [4.69, 9.17) is 5.73 Å². The number of rotatable bonds is 2. The summed E-state index contributed by atoms with van der Waals surface area (Å²) in [5, 5.41) is 1.43. The molecule has 0 fully saturated rings. The molecule has 0 aromatic rings. The van der Waals surface area contributed by atoms with Gasteiger partial charge in [-0.1, -0.05) is 5.59 Å². The predicted octanol–water partition coefficient (Wildman–Crippen LogP) is -1.31. The fraction of sp³-hybridized carbons (Fsp3) is 0.250. The Bertz CT molecular complexity index is 145. The molecule has 0 aliphatic carbocycles. The Morgan fingerprint density at radius 3 is 3.11 bits per heavy atom. The lowest BCUT2D eigenvalue weighted by atomic mass is 10.6. The summed E-state index contributed by atoms with van der Waals surface area (Å²) in [7, 11) is 0. The second kappa shape index (κ2) is 2.36. The van der Waals surface area contributed by atoms with Crippen LogP contribution in [0.1, 0.15) is 0 Å². The van der Waals surface area contributed by atoms with Crippen LogP contribution < -0.4 is 11.3 Å². The molecular formula is C4H7N3O2. The molecule has 1 aliphatic heterocycles. The molecule has 0 atom stereocenters. The van der Waals surface area contributed by atoms with Crippen LogP contribution in [0.15, 0.2) is 12.5 Å². The predicted molar refractivity (Wildman–Crippen MR) is 29.3 cm³/mol. The van der Waals surface area contributed by atoms with E-state index in [2.05, 4.69) is 10.4 Å². The number of primary amides is 1. The number of hydrogen-bond donors (Lipinski definition) is 2. The minimum atomic E-state index is -0.405. The molecule has 9 heavy (non-hydrogen) atoms. The zero-order chi connectivity index (χ0) is 6.69. The lowest BCUT2D eigenvalue weighted by Gasteiger charge is -2.09. The Morgan fingerprint density at radius 1 is 1.89 bits per heavy atom. The van der Waals surface area contributed by atoms with Gasteiger partial charge in [0.1, 0.15) is 12.8 Å². The van der Waals surface area contributed by atoms with Gasteiger partial charge in [-0.2, -0.15) is 0 Å². The standard InChI is InChI=1S/C4H7N3O2/c5-4(8)3-7-1-2-9-6-7/h1-2,6H,3H2,(H2,5,8). The zero-order valence-electron chi connectivity index (χ0n) is 4.70. The maximum absolute atomic E-state index is 10.2. The number of hydrazine groups is 1. The van der Waals surface area contributed by atoms with Gasteiger partial charge >= 0.3 is 0 Å². The average Bonchev–Trinajstić information content (AvgIpc) is 2.15. The number of carbonyl (C=O) groups is 1. The van der Waals surface area contributed by atoms with Crippen molar-refractivity contribution in [3.8, 4) is 0 Å². The number of amides is 1. The maximum Gasteiger partial charge on any atom is 0.238 e. The van der Waals surface area contributed by atoms with E-state index in [0.717, 1.165) is 0 Å². The van der Waals surface area contributed by atoms with Gasteiger partial charge in [0.2, 0.25) is 5.91 Å². The normalized spacial score (nSPS) is 15.8. The summed E-state index contributed by atoms with van der Waals surface area (Å²) in [6, 6.07) is 0. The van der Waals surface area contributed by atoms with Gasteiger partial charge in [0.15, 0.2) is 0 Å². The highest BCUT2D eigenvalue weighted by Crippen LogP contribution is 1.91. The summed E-state index contributed by atoms with van der Waals surface area (Å²) in [6.45, 7) is 0.122. The summed E-state index contributed by atoms with van der Waals surface area (Å²) in [6.07, 6.45) is 2.99. The SMILES string of the molecule is NC(=O)CN1C=CON1. The van der Waals surface area contributed by atoms with Crippen molar-refractivity contribution in [3.63, 3.8) is 0 Å². The van der Waals surface area contributed by atoms with Crippen LogP contribution in [0, 0.1) is 0 Å². The first kappa shape index (κ1) is 5.90. The lowest BCUT2D eigenvalue weighted by molar-refractivity contribution is -0.120. The van der Waals surface area contributed by atoms with Gasteiger partial charge in [-0.25, -0.2) is 0 Å². The third-order valence-corrected chi connectivity index (χ3v) is 0.805. The van der Waals surface area contributed by atoms with Crippen molar-refractivity contribution in [2.75, 3.05) is 6.54 Å². The van der Waals surface area contributed by atoms with Crippen molar-refractivity contribution in [1.82, 2.24) is 10.6 Å². The van der Waals surface area contributed by atoms with Gasteiger partial charge in [0.25, 0.3) is 0 Å². The monoisotopic (exact) mass is 129 g/mol. The van der Waals surface area contributed by atoms with Gasteiger partial charge in [-0.3, -0.25) is 9.80 Å². The molecule has 50 valence electrons. The number of hydrogen-bond acceptors (Lipinski definition) is 4. The molecule has 1 rings (SSSR count). The van der Waals surface area contributed by atoms with Crippen molar-refractivity contribution in [2.24, 2.45) is 5.73 Å². The second-order valence-electron chi connectivity index (χ2n) is 1.59. The largest absolute Gasteiger partial charge is 0.395 e. The van der Waals surface area contributed by atoms with Crippen LogP contribution in [0.2, 0.25) is 0 Å². The topological polar surface area (TPSA) is 67.6 Å².